The molecule has 0 amide bonds. The van der Waals surface area contributed by atoms with E-state index in [0.717, 1.165) is 26.1 Å². The standard InChI is InChI=1S/C10H23N3O2/c1-4-13(9(2)8-15-3)7-5-6-10(11)12-14/h9,14H,4-8H2,1-3H3,(H2,11,12). The molecule has 5 nitrogen and oxygen atoms in total. The minimum absolute atomic E-state index is 0.297. The van der Waals surface area contributed by atoms with Crippen molar-refractivity contribution in [1.82, 2.24) is 4.90 Å². The van der Waals surface area contributed by atoms with Crippen molar-refractivity contribution in [2.75, 3.05) is 26.8 Å². The van der Waals surface area contributed by atoms with E-state index in [1.165, 1.54) is 0 Å². The Balaban J connectivity index is 3.79. The van der Waals surface area contributed by atoms with Crippen LogP contribution in [0.1, 0.15) is 26.7 Å². The van der Waals surface area contributed by atoms with Gasteiger partial charge in [-0.15, -0.1) is 0 Å². The minimum Gasteiger partial charge on any atom is -0.409 e. The number of nitrogens with two attached hydrogens (primary N) is 1. The second kappa shape index (κ2) is 8.49. The zero-order valence-electron chi connectivity index (χ0n) is 9.94. The van der Waals surface area contributed by atoms with Crippen LogP contribution >= 0.6 is 0 Å². The fourth-order valence-electron chi connectivity index (χ4n) is 1.55. The molecule has 5 heteroatoms. The zero-order valence-corrected chi connectivity index (χ0v) is 9.94. The Morgan fingerprint density at radius 3 is 2.73 bits per heavy atom. The van der Waals surface area contributed by atoms with Crippen LogP contribution in [0.25, 0.3) is 0 Å². The molecule has 0 aromatic carbocycles. The molecule has 0 spiro atoms. The van der Waals surface area contributed by atoms with E-state index in [2.05, 4.69) is 23.9 Å². The number of amidine groups is 1. The predicted octanol–water partition coefficient (Wildman–Crippen LogP) is 0.870. The van der Waals surface area contributed by atoms with Gasteiger partial charge in [-0.1, -0.05) is 12.1 Å². The number of ether oxygens (including phenoxy) is 1. The SMILES string of the molecule is CCN(CCCC(N)=NO)C(C)COC. The van der Waals surface area contributed by atoms with E-state index in [0.29, 0.717) is 18.3 Å². The van der Waals surface area contributed by atoms with Crippen LogP contribution in [-0.2, 0) is 4.74 Å². The van der Waals surface area contributed by atoms with Gasteiger partial charge in [-0.3, -0.25) is 4.90 Å². The van der Waals surface area contributed by atoms with Crippen LogP contribution in [0.3, 0.4) is 0 Å². The monoisotopic (exact) mass is 217 g/mol. The van der Waals surface area contributed by atoms with Gasteiger partial charge in [0.05, 0.1) is 6.61 Å². The fourth-order valence-corrected chi connectivity index (χ4v) is 1.55. The maximum absolute atomic E-state index is 8.38. The van der Waals surface area contributed by atoms with Gasteiger partial charge in [0.2, 0.25) is 0 Å². The third-order valence-electron chi connectivity index (χ3n) is 2.44. The van der Waals surface area contributed by atoms with Crippen molar-refractivity contribution < 1.29 is 9.94 Å². The molecule has 0 aliphatic carbocycles. The number of oxime groups is 1. The van der Waals surface area contributed by atoms with E-state index in [1.54, 1.807) is 7.11 Å². The molecule has 0 saturated carbocycles. The molecular formula is C10H23N3O2. The van der Waals surface area contributed by atoms with Gasteiger partial charge >= 0.3 is 0 Å². The first-order valence-corrected chi connectivity index (χ1v) is 5.35. The molecule has 0 saturated heterocycles. The first-order chi connectivity index (χ1) is 7.15. The zero-order chi connectivity index (χ0) is 11.7. The van der Waals surface area contributed by atoms with Crippen molar-refractivity contribution in [3.8, 4) is 0 Å². The van der Waals surface area contributed by atoms with Gasteiger partial charge in [-0.05, 0) is 26.4 Å². The van der Waals surface area contributed by atoms with E-state index in [1.807, 2.05) is 0 Å². The highest BCUT2D eigenvalue weighted by Crippen LogP contribution is 2.02. The number of hydrogen-bond acceptors (Lipinski definition) is 4. The van der Waals surface area contributed by atoms with E-state index >= 15 is 0 Å². The summed E-state index contributed by atoms with van der Waals surface area (Å²) in [5.74, 6) is 0.297. The molecule has 0 heterocycles. The second-order valence-corrected chi connectivity index (χ2v) is 3.63. The molecule has 1 unspecified atom stereocenters. The van der Waals surface area contributed by atoms with Gasteiger partial charge < -0.3 is 15.7 Å². The van der Waals surface area contributed by atoms with E-state index < -0.39 is 0 Å². The first-order valence-electron chi connectivity index (χ1n) is 5.35. The quantitative estimate of drug-likeness (QED) is 0.274. The highest BCUT2D eigenvalue weighted by molar-refractivity contribution is 5.79. The van der Waals surface area contributed by atoms with Crippen molar-refractivity contribution >= 4 is 5.84 Å². The van der Waals surface area contributed by atoms with Crippen LogP contribution in [0.4, 0.5) is 0 Å². The molecule has 0 radical (unpaired) electrons. The van der Waals surface area contributed by atoms with Crippen LogP contribution < -0.4 is 5.73 Å². The van der Waals surface area contributed by atoms with Gasteiger partial charge in [0.25, 0.3) is 0 Å². The smallest absolute Gasteiger partial charge is 0.139 e. The average Bonchev–Trinajstić information content (AvgIpc) is 2.24. The Morgan fingerprint density at radius 1 is 1.60 bits per heavy atom. The summed E-state index contributed by atoms with van der Waals surface area (Å²) in [6.07, 6.45) is 1.53. The first kappa shape index (κ1) is 14.2. The fraction of sp³-hybridized carbons (Fsp3) is 0.900. The van der Waals surface area contributed by atoms with E-state index in [4.69, 9.17) is 15.7 Å². The van der Waals surface area contributed by atoms with Crippen LogP contribution in [0, 0.1) is 0 Å². The van der Waals surface area contributed by atoms with Crippen molar-refractivity contribution in [1.29, 1.82) is 0 Å². The van der Waals surface area contributed by atoms with Gasteiger partial charge in [0.15, 0.2) is 0 Å². The third kappa shape index (κ3) is 6.30. The Kier molecular flexibility index (Phi) is 8.04. The van der Waals surface area contributed by atoms with Crippen LogP contribution in [0.15, 0.2) is 5.16 Å². The summed E-state index contributed by atoms with van der Waals surface area (Å²) in [5.41, 5.74) is 5.39. The molecule has 15 heavy (non-hydrogen) atoms. The lowest BCUT2D eigenvalue weighted by atomic mass is 10.2. The van der Waals surface area contributed by atoms with E-state index in [9.17, 15) is 0 Å². The average molecular weight is 217 g/mol. The Morgan fingerprint density at radius 2 is 2.27 bits per heavy atom. The van der Waals surface area contributed by atoms with Gasteiger partial charge in [0, 0.05) is 19.6 Å². The van der Waals surface area contributed by atoms with Gasteiger partial charge in [-0.25, -0.2) is 0 Å². The molecule has 0 rings (SSSR count). The van der Waals surface area contributed by atoms with Crippen LogP contribution in [0.2, 0.25) is 0 Å². The molecule has 3 N–H and O–H groups in total. The number of hydrogen-bond donors (Lipinski definition) is 2. The molecule has 0 aromatic rings. The maximum atomic E-state index is 8.38. The van der Waals surface area contributed by atoms with Crippen molar-refractivity contribution in [3.05, 3.63) is 0 Å². The summed E-state index contributed by atoms with van der Waals surface area (Å²) in [6, 6.07) is 0.410. The minimum atomic E-state index is 0.297. The van der Waals surface area contributed by atoms with Gasteiger partial charge in [0.1, 0.15) is 5.84 Å². The highest BCUT2D eigenvalue weighted by atomic mass is 16.5. The number of nitrogens with zero attached hydrogens (tertiary/aromatic N) is 2. The second-order valence-electron chi connectivity index (χ2n) is 3.63. The van der Waals surface area contributed by atoms with Crippen molar-refractivity contribution in [2.24, 2.45) is 10.9 Å². The maximum Gasteiger partial charge on any atom is 0.139 e. The van der Waals surface area contributed by atoms with Crippen molar-refractivity contribution in [2.45, 2.75) is 32.7 Å². The summed E-state index contributed by atoms with van der Waals surface area (Å²) in [7, 11) is 1.71. The molecule has 90 valence electrons. The molecule has 0 fully saturated rings. The molecule has 0 aromatic heterocycles. The van der Waals surface area contributed by atoms with E-state index in [-0.39, 0.29) is 0 Å². The van der Waals surface area contributed by atoms with Crippen LogP contribution in [-0.4, -0.2) is 48.8 Å². The summed E-state index contributed by atoms with van der Waals surface area (Å²) in [4.78, 5) is 2.31. The summed E-state index contributed by atoms with van der Waals surface area (Å²) < 4.78 is 5.10. The topological polar surface area (TPSA) is 71.1 Å². The predicted molar refractivity (Wildman–Crippen MR) is 61.2 cm³/mol. The molecule has 1 atom stereocenters. The largest absolute Gasteiger partial charge is 0.409 e. The number of rotatable bonds is 8. The lowest BCUT2D eigenvalue weighted by Crippen LogP contribution is -2.37. The third-order valence-corrected chi connectivity index (χ3v) is 2.44. The normalized spacial score (nSPS) is 14.5. The Bertz CT molecular complexity index is 186. The van der Waals surface area contributed by atoms with Crippen LogP contribution in [0.5, 0.6) is 0 Å². The number of likely N-dealkylation sites (N-methyl/N-ethyl adjacent to an activating group) is 1. The molecule has 0 aliphatic rings. The highest BCUT2D eigenvalue weighted by Gasteiger charge is 2.11. The molecule has 0 aliphatic heterocycles. The molecule has 0 bridgehead atoms. The molecular weight excluding hydrogens is 194 g/mol. The number of methoxy groups -OCH3 is 1. The summed E-state index contributed by atoms with van der Waals surface area (Å²) >= 11 is 0. The Hall–Kier alpha value is -0.810. The van der Waals surface area contributed by atoms with Crippen molar-refractivity contribution in [3.63, 3.8) is 0 Å². The van der Waals surface area contributed by atoms with Gasteiger partial charge in [-0.2, -0.15) is 0 Å². The lowest BCUT2D eigenvalue weighted by molar-refractivity contribution is 0.102. The lowest BCUT2D eigenvalue weighted by Gasteiger charge is -2.27. The Labute approximate surface area is 91.9 Å². The summed E-state index contributed by atoms with van der Waals surface area (Å²) in [5, 5.41) is 11.3. The summed E-state index contributed by atoms with van der Waals surface area (Å²) in [6.45, 7) is 6.92.